The average Bonchev–Trinajstić information content (AvgIpc) is 2.13. The van der Waals surface area contributed by atoms with Gasteiger partial charge in [-0.1, -0.05) is 0 Å². The van der Waals surface area contributed by atoms with Gasteiger partial charge in [0, 0.05) is 6.54 Å². The maximum Gasteiger partial charge on any atom is 0.410 e. The van der Waals surface area contributed by atoms with Crippen LogP contribution < -0.4 is 0 Å². The Hall–Kier alpha value is -1.33. The molecule has 0 radical (unpaired) electrons. The molecular weight excluding hydrogens is 241 g/mol. The van der Waals surface area contributed by atoms with Crippen molar-refractivity contribution in [2.75, 3.05) is 13.1 Å². The number of ether oxygens (including phenoxy) is 1. The highest BCUT2D eigenvalue weighted by Crippen LogP contribution is 2.32. The molecule has 1 aliphatic rings. The number of aliphatic carboxylic acids is 1. The summed E-state index contributed by atoms with van der Waals surface area (Å²) in [6, 6.07) is 0. The number of carboxylic acids is 1. The average molecular weight is 261 g/mol. The monoisotopic (exact) mass is 261 g/mol. The second kappa shape index (κ2) is 4.74. The number of carbonyl (C=O) groups excluding carboxylic acids is 1. The number of halogens is 1. The summed E-state index contributed by atoms with van der Waals surface area (Å²) in [4.78, 5) is 24.1. The Morgan fingerprint density at radius 2 is 2.00 bits per heavy atom. The van der Waals surface area contributed by atoms with Crippen molar-refractivity contribution in [1.29, 1.82) is 0 Å². The van der Waals surface area contributed by atoms with Crippen LogP contribution in [0.4, 0.5) is 9.18 Å². The fourth-order valence-electron chi connectivity index (χ4n) is 1.96. The van der Waals surface area contributed by atoms with Gasteiger partial charge in [-0.05, 0) is 34.1 Å². The largest absolute Gasteiger partial charge is 0.481 e. The van der Waals surface area contributed by atoms with Gasteiger partial charge in [0.25, 0.3) is 0 Å². The SMILES string of the molecule is CC(C)(C)OC(=O)N1CC(F)CC(C)(C(=O)O)C1. The number of piperidine rings is 1. The summed E-state index contributed by atoms with van der Waals surface area (Å²) in [7, 11) is 0. The summed E-state index contributed by atoms with van der Waals surface area (Å²) in [5, 5.41) is 9.10. The van der Waals surface area contributed by atoms with Gasteiger partial charge in [-0.15, -0.1) is 0 Å². The number of alkyl halides is 1. The summed E-state index contributed by atoms with van der Waals surface area (Å²) in [6.07, 6.45) is -2.09. The number of hydrogen-bond acceptors (Lipinski definition) is 3. The zero-order valence-electron chi connectivity index (χ0n) is 11.2. The van der Waals surface area contributed by atoms with Crippen LogP contribution in [0.5, 0.6) is 0 Å². The Morgan fingerprint density at radius 1 is 1.44 bits per heavy atom. The highest BCUT2D eigenvalue weighted by molar-refractivity contribution is 5.76. The van der Waals surface area contributed by atoms with Crippen molar-refractivity contribution < 1.29 is 23.8 Å². The summed E-state index contributed by atoms with van der Waals surface area (Å²) in [5.74, 6) is -1.10. The fourth-order valence-corrected chi connectivity index (χ4v) is 1.96. The van der Waals surface area contributed by atoms with E-state index in [0.29, 0.717) is 0 Å². The third kappa shape index (κ3) is 3.58. The van der Waals surface area contributed by atoms with Crippen molar-refractivity contribution in [2.45, 2.75) is 45.9 Å². The Balaban J connectivity index is 2.78. The van der Waals surface area contributed by atoms with Crippen molar-refractivity contribution >= 4 is 12.1 Å². The maximum atomic E-state index is 13.6. The first-order valence-electron chi connectivity index (χ1n) is 5.89. The highest BCUT2D eigenvalue weighted by Gasteiger charge is 2.44. The van der Waals surface area contributed by atoms with E-state index in [4.69, 9.17) is 9.84 Å². The Morgan fingerprint density at radius 3 is 2.44 bits per heavy atom. The van der Waals surface area contributed by atoms with Crippen molar-refractivity contribution in [3.05, 3.63) is 0 Å². The van der Waals surface area contributed by atoms with E-state index >= 15 is 0 Å². The first kappa shape index (κ1) is 14.7. The quantitative estimate of drug-likeness (QED) is 0.784. The van der Waals surface area contributed by atoms with Gasteiger partial charge in [0.05, 0.1) is 12.0 Å². The third-order valence-electron chi connectivity index (χ3n) is 2.80. The van der Waals surface area contributed by atoms with Gasteiger partial charge in [0.15, 0.2) is 0 Å². The van der Waals surface area contributed by atoms with E-state index in [9.17, 15) is 14.0 Å². The van der Waals surface area contributed by atoms with E-state index in [1.165, 1.54) is 6.92 Å². The van der Waals surface area contributed by atoms with Crippen LogP contribution in [0.25, 0.3) is 0 Å². The molecule has 0 saturated carbocycles. The van der Waals surface area contributed by atoms with E-state index in [2.05, 4.69) is 0 Å². The maximum absolute atomic E-state index is 13.6. The van der Waals surface area contributed by atoms with Gasteiger partial charge in [0.2, 0.25) is 0 Å². The van der Waals surface area contributed by atoms with Crippen molar-refractivity contribution in [3.8, 4) is 0 Å². The number of nitrogens with zero attached hydrogens (tertiary/aromatic N) is 1. The molecule has 0 aromatic heterocycles. The molecule has 1 saturated heterocycles. The molecule has 6 heteroatoms. The first-order valence-corrected chi connectivity index (χ1v) is 5.89. The minimum Gasteiger partial charge on any atom is -0.481 e. The molecule has 0 aromatic carbocycles. The van der Waals surface area contributed by atoms with Gasteiger partial charge in [-0.2, -0.15) is 0 Å². The van der Waals surface area contributed by atoms with Crippen LogP contribution in [-0.2, 0) is 9.53 Å². The van der Waals surface area contributed by atoms with E-state index < -0.39 is 29.3 Å². The lowest BCUT2D eigenvalue weighted by Gasteiger charge is -2.39. The molecule has 5 nitrogen and oxygen atoms in total. The smallest absolute Gasteiger partial charge is 0.410 e. The summed E-state index contributed by atoms with van der Waals surface area (Å²) in [5.41, 5.74) is -1.94. The number of carboxylic acid groups (broad SMARTS) is 1. The molecule has 0 bridgehead atoms. The minimum atomic E-state index is -1.34. The molecule has 0 aromatic rings. The van der Waals surface area contributed by atoms with Gasteiger partial charge >= 0.3 is 12.1 Å². The lowest BCUT2D eigenvalue weighted by Crippen LogP contribution is -2.53. The molecule has 0 spiro atoms. The molecule has 1 amide bonds. The van der Waals surface area contributed by atoms with Gasteiger partial charge in [-0.25, -0.2) is 9.18 Å². The van der Waals surface area contributed by atoms with Crippen LogP contribution in [-0.4, -0.2) is 46.9 Å². The Labute approximate surface area is 106 Å². The summed E-state index contributed by atoms with van der Waals surface area (Å²) in [6.45, 7) is 6.42. The number of amides is 1. The second-order valence-corrected chi connectivity index (χ2v) is 6.03. The van der Waals surface area contributed by atoms with Gasteiger partial charge < -0.3 is 14.7 Å². The normalized spacial score (nSPS) is 28.9. The van der Waals surface area contributed by atoms with Crippen LogP contribution in [0.1, 0.15) is 34.1 Å². The van der Waals surface area contributed by atoms with E-state index in [0.717, 1.165) is 4.90 Å². The summed E-state index contributed by atoms with van der Waals surface area (Å²) < 4.78 is 18.7. The second-order valence-electron chi connectivity index (χ2n) is 6.03. The highest BCUT2D eigenvalue weighted by atomic mass is 19.1. The molecule has 104 valence electrons. The number of hydrogen-bond donors (Lipinski definition) is 1. The lowest BCUT2D eigenvalue weighted by molar-refractivity contribution is -0.152. The van der Waals surface area contributed by atoms with Gasteiger partial charge in [-0.3, -0.25) is 4.79 Å². The van der Waals surface area contributed by atoms with Crippen molar-refractivity contribution in [1.82, 2.24) is 4.90 Å². The van der Waals surface area contributed by atoms with Crippen LogP contribution in [0, 0.1) is 5.41 Å². The van der Waals surface area contributed by atoms with Crippen molar-refractivity contribution in [3.63, 3.8) is 0 Å². The lowest BCUT2D eigenvalue weighted by atomic mass is 9.81. The predicted octanol–water partition coefficient (Wildman–Crippen LogP) is 2.06. The first-order chi connectivity index (χ1) is 8.03. The Kier molecular flexibility index (Phi) is 3.88. The third-order valence-corrected chi connectivity index (χ3v) is 2.80. The number of rotatable bonds is 1. The minimum absolute atomic E-state index is 0.0301. The Bertz CT molecular complexity index is 352. The van der Waals surface area contributed by atoms with Crippen LogP contribution >= 0.6 is 0 Å². The zero-order chi connectivity index (χ0) is 14.1. The standard InChI is InChI=1S/C12H20FNO4/c1-11(2,3)18-10(17)14-6-8(13)5-12(4,7-14)9(15)16/h8H,5-7H2,1-4H3,(H,15,16). The van der Waals surface area contributed by atoms with E-state index in [1.807, 2.05) is 0 Å². The predicted molar refractivity (Wildman–Crippen MR) is 63.1 cm³/mol. The van der Waals surface area contributed by atoms with E-state index in [-0.39, 0.29) is 19.5 Å². The molecule has 1 rings (SSSR count). The topological polar surface area (TPSA) is 66.8 Å². The molecular formula is C12H20FNO4. The fraction of sp³-hybridized carbons (Fsp3) is 0.833. The van der Waals surface area contributed by atoms with Gasteiger partial charge in [0.1, 0.15) is 11.8 Å². The molecule has 1 aliphatic heterocycles. The summed E-state index contributed by atoms with van der Waals surface area (Å²) >= 11 is 0. The molecule has 1 N–H and O–H groups in total. The molecule has 1 heterocycles. The molecule has 2 atom stereocenters. The zero-order valence-corrected chi connectivity index (χ0v) is 11.2. The van der Waals surface area contributed by atoms with Crippen molar-refractivity contribution in [2.24, 2.45) is 5.41 Å². The molecule has 0 aliphatic carbocycles. The molecule has 1 fully saturated rings. The number of carbonyl (C=O) groups is 2. The van der Waals surface area contributed by atoms with Crippen LogP contribution in [0.3, 0.4) is 0 Å². The van der Waals surface area contributed by atoms with Crippen LogP contribution in [0.2, 0.25) is 0 Å². The van der Waals surface area contributed by atoms with E-state index in [1.54, 1.807) is 20.8 Å². The molecule has 18 heavy (non-hydrogen) atoms. The molecule has 2 unspecified atom stereocenters. The van der Waals surface area contributed by atoms with Crippen LogP contribution in [0.15, 0.2) is 0 Å². The number of likely N-dealkylation sites (tertiary alicyclic amines) is 1.